The maximum absolute atomic E-state index is 4.68. The standard InChI is InChI=1S/C21H19N5S/c1-2-6-16(7-3-1)17-14-27-21-19(17)20(23-15-24-21)26-12-10-25(11-13-26)18-8-4-5-9-22-18/h1-9,14-15H,10-13H2/p+1. The SMILES string of the molecule is c1ccc(-c2csc3ncnc(N4CCN(c5cccc[nH+]5)CC4)c23)cc1. The molecule has 1 aliphatic heterocycles. The number of thiophene rings is 1. The highest BCUT2D eigenvalue weighted by atomic mass is 32.1. The molecule has 27 heavy (non-hydrogen) atoms. The van der Waals surface area contributed by atoms with E-state index in [1.807, 2.05) is 12.3 Å². The summed E-state index contributed by atoms with van der Waals surface area (Å²) in [6.45, 7) is 3.82. The largest absolute Gasteiger partial charge is 0.348 e. The van der Waals surface area contributed by atoms with E-state index in [1.165, 1.54) is 22.3 Å². The molecule has 134 valence electrons. The third-order valence-corrected chi connectivity index (χ3v) is 5.93. The number of benzene rings is 1. The van der Waals surface area contributed by atoms with Gasteiger partial charge in [0.15, 0.2) is 0 Å². The van der Waals surface area contributed by atoms with Crippen LogP contribution < -0.4 is 14.8 Å². The number of hydrogen-bond acceptors (Lipinski definition) is 5. The molecule has 1 aliphatic rings. The van der Waals surface area contributed by atoms with Gasteiger partial charge in [0.2, 0.25) is 0 Å². The first-order valence-electron chi connectivity index (χ1n) is 9.14. The van der Waals surface area contributed by atoms with Crippen LogP contribution in [0.3, 0.4) is 0 Å². The second-order valence-electron chi connectivity index (χ2n) is 6.61. The maximum atomic E-state index is 4.68. The average Bonchev–Trinajstić information content (AvgIpc) is 3.20. The van der Waals surface area contributed by atoms with Crippen LogP contribution >= 0.6 is 11.3 Å². The first kappa shape index (κ1) is 16.2. The number of rotatable bonds is 3. The highest BCUT2D eigenvalue weighted by Gasteiger charge is 2.26. The van der Waals surface area contributed by atoms with Crippen LogP contribution in [0, 0.1) is 0 Å². The summed E-state index contributed by atoms with van der Waals surface area (Å²) in [5, 5.41) is 3.38. The Bertz CT molecular complexity index is 1040. The molecule has 0 unspecified atom stereocenters. The van der Waals surface area contributed by atoms with E-state index in [-0.39, 0.29) is 0 Å². The lowest BCUT2D eigenvalue weighted by Crippen LogP contribution is -2.48. The predicted molar refractivity (Wildman–Crippen MR) is 110 cm³/mol. The maximum Gasteiger partial charge on any atom is 0.274 e. The summed E-state index contributed by atoms with van der Waals surface area (Å²) in [6, 6.07) is 16.7. The van der Waals surface area contributed by atoms with Gasteiger partial charge in [-0.2, -0.15) is 0 Å². The van der Waals surface area contributed by atoms with Gasteiger partial charge in [-0.1, -0.05) is 36.4 Å². The summed E-state index contributed by atoms with van der Waals surface area (Å²) >= 11 is 1.69. The van der Waals surface area contributed by atoms with Crippen LogP contribution in [0.15, 0.2) is 66.4 Å². The summed E-state index contributed by atoms with van der Waals surface area (Å²) in [5.74, 6) is 2.22. The summed E-state index contributed by atoms with van der Waals surface area (Å²) in [7, 11) is 0. The number of piperazine rings is 1. The number of fused-ring (bicyclic) bond motifs is 1. The Kier molecular flexibility index (Phi) is 4.18. The molecule has 6 heteroatoms. The Morgan fingerprint density at radius 1 is 0.852 bits per heavy atom. The fourth-order valence-electron chi connectivity index (χ4n) is 3.67. The normalized spacial score (nSPS) is 14.7. The van der Waals surface area contributed by atoms with Gasteiger partial charge in [-0.15, -0.1) is 11.3 Å². The molecule has 1 fully saturated rings. The topological polar surface area (TPSA) is 46.4 Å². The van der Waals surface area contributed by atoms with E-state index in [9.17, 15) is 0 Å². The zero-order valence-corrected chi connectivity index (χ0v) is 15.7. The molecule has 5 nitrogen and oxygen atoms in total. The molecule has 0 spiro atoms. The first-order valence-corrected chi connectivity index (χ1v) is 10.0. The Labute approximate surface area is 162 Å². The molecule has 1 aromatic carbocycles. The van der Waals surface area contributed by atoms with E-state index in [0.717, 1.165) is 36.8 Å². The van der Waals surface area contributed by atoms with Gasteiger partial charge in [-0.3, -0.25) is 4.90 Å². The highest BCUT2D eigenvalue weighted by Crippen LogP contribution is 2.38. The molecule has 1 N–H and O–H groups in total. The second-order valence-corrected chi connectivity index (χ2v) is 7.47. The Morgan fingerprint density at radius 3 is 2.41 bits per heavy atom. The van der Waals surface area contributed by atoms with Crippen LogP contribution in [-0.2, 0) is 0 Å². The summed E-state index contributed by atoms with van der Waals surface area (Å²) < 4.78 is 0. The molecular weight excluding hydrogens is 354 g/mol. The molecule has 1 saturated heterocycles. The molecule has 0 aliphatic carbocycles. The summed E-state index contributed by atoms with van der Waals surface area (Å²) in [5.41, 5.74) is 2.45. The van der Waals surface area contributed by atoms with E-state index in [4.69, 9.17) is 0 Å². The molecule has 0 saturated carbocycles. The van der Waals surface area contributed by atoms with Crippen molar-refractivity contribution in [1.82, 2.24) is 9.97 Å². The van der Waals surface area contributed by atoms with Crippen LogP contribution in [0.5, 0.6) is 0 Å². The lowest BCUT2D eigenvalue weighted by Gasteiger charge is -2.32. The highest BCUT2D eigenvalue weighted by molar-refractivity contribution is 7.17. The van der Waals surface area contributed by atoms with Gasteiger partial charge in [-0.05, 0) is 11.6 Å². The predicted octanol–water partition coefficient (Wildman–Crippen LogP) is 3.50. The molecular formula is C21H20N5S+. The third-order valence-electron chi connectivity index (χ3n) is 5.05. The van der Waals surface area contributed by atoms with Crippen LogP contribution in [0.4, 0.5) is 11.6 Å². The van der Waals surface area contributed by atoms with Crippen LogP contribution in [0.1, 0.15) is 0 Å². The van der Waals surface area contributed by atoms with Gasteiger partial charge < -0.3 is 4.90 Å². The van der Waals surface area contributed by atoms with Gasteiger partial charge >= 0.3 is 0 Å². The lowest BCUT2D eigenvalue weighted by atomic mass is 10.1. The van der Waals surface area contributed by atoms with Crippen molar-refractivity contribution >= 4 is 33.2 Å². The van der Waals surface area contributed by atoms with Gasteiger partial charge in [0.1, 0.15) is 30.1 Å². The first-order chi connectivity index (χ1) is 13.4. The van der Waals surface area contributed by atoms with Crippen LogP contribution in [0.25, 0.3) is 21.3 Å². The van der Waals surface area contributed by atoms with Crippen molar-refractivity contribution in [3.63, 3.8) is 0 Å². The summed E-state index contributed by atoms with van der Waals surface area (Å²) in [4.78, 5) is 18.4. The number of nitrogens with zero attached hydrogens (tertiary/aromatic N) is 4. The van der Waals surface area contributed by atoms with Crippen molar-refractivity contribution in [3.8, 4) is 11.1 Å². The number of aromatic nitrogens is 3. The zero-order valence-electron chi connectivity index (χ0n) is 14.9. The fraction of sp³-hybridized carbons (Fsp3) is 0.190. The molecule has 4 aromatic rings. The van der Waals surface area contributed by atoms with Gasteiger partial charge in [0, 0.05) is 17.0 Å². The molecule has 3 aromatic heterocycles. The molecule has 4 heterocycles. The Hall–Kier alpha value is -2.99. The van der Waals surface area contributed by atoms with E-state index in [1.54, 1.807) is 17.7 Å². The lowest BCUT2D eigenvalue weighted by molar-refractivity contribution is -0.364. The minimum atomic E-state index is 0.943. The molecule has 0 atom stereocenters. The van der Waals surface area contributed by atoms with Crippen molar-refractivity contribution in [1.29, 1.82) is 0 Å². The van der Waals surface area contributed by atoms with E-state index >= 15 is 0 Å². The molecule has 0 bridgehead atoms. The molecule has 0 radical (unpaired) electrons. The van der Waals surface area contributed by atoms with E-state index in [0.29, 0.717) is 0 Å². The van der Waals surface area contributed by atoms with E-state index in [2.05, 4.69) is 72.6 Å². The fourth-order valence-corrected chi connectivity index (χ4v) is 4.58. The molecule has 0 amide bonds. The number of H-pyrrole nitrogens is 1. The second kappa shape index (κ2) is 6.96. The van der Waals surface area contributed by atoms with Crippen LogP contribution in [0.2, 0.25) is 0 Å². The number of anilines is 2. The smallest absolute Gasteiger partial charge is 0.274 e. The number of hydrogen-bond donors (Lipinski definition) is 0. The third kappa shape index (κ3) is 3.02. The quantitative estimate of drug-likeness (QED) is 0.551. The Balaban J connectivity index is 1.47. The number of aromatic amines is 1. The Morgan fingerprint density at radius 2 is 1.63 bits per heavy atom. The van der Waals surface area contributed by atoms with Crippen LogP contribution in [-0.4, -0.2) is 36.1 Å². The van der Waals surface area contributed by atoms with Crippen molar-refractivity contribution in [3.05, 3.63) is 66.4 Å². The van der Waals surface area contributed by atoms with Gasteiger partial charge in [-0.25, -0.2) is 15.0 Å². The number of nitrogens with one attached hydrogen (secondary N) is 1. The molecule has 5 rings (SSSR count). The monoisotopic (exact) mass is 374 g/mol. The minimum Gasteiger partial charge on any atom is -0.348 e. The zero-order chi connectivity index (χ0) is 18.1. The van der Waals surface area contributed by atoms with Crippen molar-refractivity contribution in [2.75, 3.05) is 36.0 Å². The van der Waals surface area contributed by atoms with Gasteiger partial charge in [0.05, 0.1) is 24.7 Å². The van der Waals surface area contributed by atoms with Crippen molar-refractivity contribution < 1.29 is 4.98 Å². The average molecular weight is 374 g/mol. The number of pyridine rings is 1. The van der Waals surface area contributed by atoms with Gasteiger partial charge in [0.25, 0.3) is 5.82 Å². The van der Waals surface area contributed by atoms with Crippen molar-refractivity contribution in [2.24, 2.45) is 0 Å². The van der Waals surface area contributed by atoms with E-state index < -0.39 is 0 Å². The summed E-state index contributed by atoms with van der Waals surface area (Å²) in [6.07, 6.45) is 3.67. The van der Waals surface area contributed by atoms with Crippen molar-refractivity contribution in [2.45, 2.75) is 0 Å². The minimum absolute atomic E-state index is 0.943.